The van der Waals surface area contributed by atoms with Crippen molar-refractivity contribution in [3.63, 3.8) is 0 Å². The number of carbonyl (C=O) groups is 1. The highest BCUT2D eigenvalue weighted by Crippen LogP contribution is 2.17. The Morgan fingerprint density at radius 3 is 2.41 bits per heavy atom. The third-order valence-electron chi connectivity index (χ3n) is 4.01. The first-order valence-electron chi connectivity index (χ1n) is 9.06. The van der Waals surface area contributed by atoms with Crippen LogP contribution in [0.15, 0.2) is 36.4 Å². The summed E-state index contributed by atoms with van der Waals surface area (Å²) in [6, 6.07) is 10.9. The Balaban J connectivity index is 1.41. The number of anilines is 1. The molecule has 0 unspecified atom stereocenters. The SMILES string of the molecule is CCOc1ccc(OCCNC(=O)c2ccc(N3CCOCC3)nn2)cc1. The fourth-order valence-corrected chi connectivity index (χ4v) is 2.63. The van der Waals surface area contributed by atoms with Crippen molar-refractivity contribution in [1.29, 1.82) is 0 Å². The summed E-state index contributed by atoms with van der Waals surface area (Å²) < 4.78 is 16.3. The first kappa shape index (κ1) is 18.9. The maximum absolute atomic E-state index is 12.1. The number of amides is 1. The first-order valence-corrected chi connectivity index (χ1v) is 9.06. The summed E-state index contributed by atoms with van der Waals surface area (Å²) in [6.45, 7) is 6.22. The molecule has 0 spiro atoms. The zero-order chi connectivity index (χ0) is 18.9. The van der Waals surface area contributed by atoms with E-state index in [0.29, 0.717) is 33.0 Å². The van der Waals surface area contributed by atoms with Gasteiger partial charge in [-0.1, -0.05) is 0 Å². The van der Waals surface area contributed by atoms with E-state index in [1.807, 2.05) is 37.3 Å². The molecule has 1 amide bonds. The molecule has 0 saturated carbocycles. The van der Waals surface area contributed by atoms with Crippen molar-refractivity contribution in [1.82, 2.24) is 15.5 Å². The van der Waals surface area contributed by atoms with Crippen LogP contribution in [-0.2, 0) is 4.74 Å². The zero-order valence-corrected chi connectivity index (χ0v) is 15.4. The number of hydrogen-bond acceptors (Lipinski definition) is 7. The molecule has 0 atom stereocenters. The largest absolute Gasteiger partial charge is 0.494 e. The lowest BCUT2D eigenvalue weighted by molar-refractivity contribution is 0.0940. The number of carbonyl (C=O) groups excluding carboxylic acids is 1. The van der Waals surface area contributed by atoms with E-state index < -0.39 is 0 Å². The zero-order valence-electron chi connectivity index (χ0n) is 15.4. The highest BCUT2D eigenvalue weighted by atomic mass is 16.5. The number of aromatic nitrogens is 2. The molecular formula is C19H24N4O4. The van der Waals surface area contributed by atoms with Gasteiger partial charge >= 0.3 is 0 Å². The Bertz CT molecular complexity index is 715. The molecule has 0 aliphatic carbocycles. The fourth-order valence-electron chi connectivity index (χ4n) is 2.63. The van der Waals surface area contributed by atoms with E-state index in [9.17, 15) is 4.79 Å². The molecule has 8 heteroatoms. The van der Waals surface area contributed by atoms with Crippen LogP contribution in [0.25, 0.3) is 0 Å². The predicted molar refractivity (Wildman–Crippen MR) is 101 cm³/mol. The number of nitrogens with one attached hydrogen (secondary N) is 1. The van der Waals surface area contributed by atoms with Crippen molar-refractivity contribution in [2.24, 2.45) is 0 Å². The van der Waals surface area contributed by atoms with Gasteiger partial charge < -0.3 is 24.4 Å². The molecule has 1 aromatic carbocycles. The summed E-state index contributed by atoms with van der Waals surface area (Å²) in [5, 5.41) is 10.9. The van der Waals surface area contributed by atoms with Crippen molar-refractivity contribution >= 4 is 11.7 Å². The van der Waals surface area contributed by atoms with Crippen LogP contribution >= 0.6 is 0 Å². The molecule has 0 bridgehead atoms. The minimum absolute atomic E-state index is 0.272. The van der Waals surface area contributed by atoms with E-state index in [1.54, 1.807) is 6.07 Å². The highest BCUT2D eigenvalue weighted by molar-refractivity contribution is 5.92. The van der Waals surface area contributed by atoms with Gasteiger partial charge in [-0.15, -0.1) is 10.2 Å². The fraction of sp³-hybridized carbons (Fsp3) is 0.421. The highest BCUT2D eigenvalue weighted by Gasteiger charge is 2.14. The van der Waals surface area contributed by atoms with Gasteiger partial charge in [0.15, 0.2) is 11.5 Å². The molecule has 8 nitrogen and oxygen atoms in total. The van der Waals surface area contributed by atoms with Gasteiger partial charge in [0, 0.05) is 13.1 Å². The van der Waals surface area contributed by atoms with Crippen molar-refractivity contribution in [2.75, 3.05) is 51.0 Å². The number of rotatable bonds is 8. The van der Waals surface area contributed by atoms with Gasteiger partial charge in [0.05, 0.1) is 26.4 Å². The molecule has 1 aromatic heterocycles. The number of benzene rings is 1. The Morgan fingerprint density at radius 2 is 1.78 bits per heavy atom. The third kappa shape index (κ3) is 5.55. The van der Waals surface area contributed by atoms with Gasteiger partial charge in [0.25, 0.3) is 5.91 Å². The van der Waals surface area contributed by atoms with Gasteiger partial charge in [-0.3, -0.25) is 4.79 Å². The summed E-state index contributed by atoms with van der Waals surface area (Å²) in [6.07, 6.45) is 0. The van der Waals surface area contributed by atoms with E-state index in [1.165, 1.54) is 0 Å². The van der Waals surface area contributed by atoms with Crippen LogP contribution in [0.3, 0.4) is 0 Å². The van der Waals surface area contributed by atoms with Crippen molar-refractivity contribution in [3.05, 3.63) is 42.1 Å². The summed E-state index contributed by atoms with van der Waals surface area (Å²) in [5.74, 6) is 2.01. The van der Waals surface area contributed by atoms with Crippen molar-refractivity contribution < 1.29 is 19.0 Å². The summed E-state index contributed by atoms with van der Waals surface area (Å²) in [5.41, 5.74) is 0.285. The summed E-state index contributed by atoms with van der Waals surface area (Å²) >= 11 is 0. The topological polar surface area (TPSA) is 85.8 Å². The van der Waals surface area contributed by atoms with Crippen LogP contribution in [0.4, 0.5) is 5.82 Å². The molecule has 1 N–H and O–H groups in total. The summed E-state index contributed by atoms with van der Waals surface area (Å²) in [7, 11) is 0. The molecule has 1 aliphatic heterocycles. The van der Waals surface area contributed by atoms with Crippen LogP contribution in [0.5, 0.6) is 11.5 Å². The lowest BCUT2D eigenvalue weighted by atomic mass is 10.3. The first-order chi connectivity index (χ1) is 13.3. The van der Waals surface area contributed by atoms with Crippen LogP contribution in [0.2, 0.25) is 0 Å². The van der Waals surface area contributed by atoms with Gasteiger partial charge in [0.2, 0.25) is 0 Å². The second-order valence-corrected chi connectivity index (χ2v) is 5.88. The average molecular weight is 372 g/mol. The lowest BCUT2D eigenvalue weighted by Gasteiger charge is -2.27. The molecule has 3 rings (SSSR count). The minimum atomic E-state index is -0.272. The quantitative estimate of drug-likeness (QED) is 0.703. The monoisotopic (exact) mass is 372 g/mol. The average Bonchev–Trinajstić information content (AvgIpc) is 2.73. The van der Waals surface area contributed by atoms with Gasteiger partial charge in [-0.05, 0) is 43.3 Å². The van der Waals surface area contributed by atoms with E-state index in [4.69, 9.17) is 14.2 Å². The van der Waals surface area contributed by atoms with E-state index in [2.05, 4.69) is 20.4 Å². The van der Waals surface area contributed by atoms with Crippen LogP contribution in [0.1, 0.15) is 17.4 Å². The Hall–Kier alpha value is -2.87. The van der Waals surface area contributed by atoms with Gasteiger partial charge in [0.1, 0.15) is 18.1 Å². The van der Waals surface area contributed by atoms with Crippen LogP contribution in [0, 0.1) is 0 Å². The Morgan fingerprint density at radius 1 is 1.07 bits per heavy atom. The maximum atomic E-state index is 12.1. The standard InChI is InChI=1S/C19H24N4O4/c1-2-26-15-3-5-16(6-4-15)27-12-9-20-19(24)17-7-8-18(22-21-17)23-10-13-25-14-11-23/h3-8H,2,9-14H2,1H3,(H,20,24). The van der Waals surface area contributed by atoms with E-state index in [-0.39, 0.29) is 11.6 Å². The molecular weight excluding hydrogens is 348 g/mol. The van der Waals surface area contributed by atoms with Crippen molar-refractivity contribution in [2.45, 2.75) is 6.92 Å². The molecule has 1 saturated heterocycles. The number of ether oxygens (including phenoxy) is 3. The number of nitrogens with zero attached hydrogens (tertiary/aromatic N) is 3. The summed E-state index contributed by atoms with van der Waals surface area (Å²) in [4.78, 5) is 14.2. The maximum Gasteiger partial charge on any atom is 0.271 e. The van der Waals surface area contributed by atoms with Crippen molar-refractivity contribution in [3.8, 4) is 11.5 Å². The smallest absolute Gasteiger partial charge is 0.271 e. The molecule has 2 aromatic rings. The minimum Gasteiger partial charge on any atom is -0.494 e. The van der Waals surface area contributed by atoms with Crippen LogP contribution < -0.4 is 19.7 Å². The Labute approximate surface area is 158 Å². The van der Waals surface area contributed by atoms with E-state index in [0.717, 1.165) is 30.4 Å². The molecule has 2 heterocycles. The lowest BCUT2D eigenvalue weighted by Crippen LogP contribution is -2.37. The van der Waals surface area contributed by atoms with Gasteiger partial charge in [-0.25, -0.2) is 0 Å². The normalized spacial score (nSPS) is 13.9. The second-order valence-electron chi connectivity index (χ2n) is 5.88. The molecule has 27 heavy (non-hydrogen) atoms. The predicted octanol–water partition coefficient (Wildman–Crippen LogP) is 1.52. The van der Waals surface area contributed by atoms with E-state index >= 15 is 0 Å². The third-order valence-corrected chi connectivity index (χ3v) is 4.01. The van der Waals surface area contributed by atoms with Crippen LogP contribution in [-0.4, -0.2) is 62.2 Å². The molecule has 144 valence electrons. The Kier molecular flexibility index (Phi) is 6.81. The number of morpholine rings is 1. The van der Waals surface area contributed by atoms with Gasteiger partial charge in [-0.2, -0.15) is 0 Å². The molecule has 1 fully saturated rings. The molecule has 1 aliphatic rings. The second kappa shape index (κ2) is 9.72. The number of hydrogen-bond donors (Lipinski definition) is 1. The molecule has 0 radical (unpaired) electrons.